The highest BCUT2D eigenvalue weighted by Crippen LogP contribution is 2.27. The number of rotatable bonds is 5. The van der Waals surface area contributed by atoms with E-state index >= 15 is 0 Å². The van der Waals surface area contributed by atoms with Gasteiger partial charge in [0, 0.05) is 49.5 Å². The third-order valence-electron chi connectivity index (χ3n) is 5.11. The van der Waals surface area contributed by atoms with Crippen molar-refractivity contribution in [3.8, 4) is 0 Å². The van der Waals surface area contributed by atoms with Crippen LogP contribution in [0.5, 0.6) is 0 Å². The minimum absolute atomic E-state index is 0.0858. The van der Waals surface area contributed by atoms with Crippen LogP contribution in [-0.2, 0) is 6.54 Å². The van der Waals surface area contributed by atoms with E-state index in [1.807, 2.05) is 12.3 Å². The molecule has 0 aromatic carbocycles. The van der Waals surface area contributed by atoms with Crippen molar-refractivity contribution < 1.29 is 0 Å². The molecule has 0 saturated carbocycles. The molecule has 2 rings (SSSR count). The van der Waals surface area contributed by atoms with Gasteiger partial charge >= 0.3 is 0 Å². The van der Waals surface area contributed by atoms with Gasteiger partial charge in [0.1, 0.15) is 0 Å². The number of nitrogens with one attached hydrogen (secondary N) is 1. The van der Waals surface area contributed by atoms with Crippen LogP contribution in [-0.4, -0.2) is 40.2 Å². The van der Waals surface area contributed by atoms with Crippen molar-refractivity contribution in [3.05, 3.63) is 34.7 Å². The first kappa shape index (κ1) is 16.2. The quantitative estimate of drug-likeness (QED) is 0.902. The maximum absolute atomic E-state index is 11.8. The van der Waals surface area contributed by atoms with E-state index in [4.69, 9.17) is 0 Å². The van der Waals surface area contributed by atoms with Crippen LogP contribution in [0.25, 0.3) is 0 Å². The van der Waals surface area contributed by atoms with E-state index in [0.29, 0.717) is 0 Å². The fraction of sp³-hybridized carbons (Fsp3) is 0.706. The van der Waals surface area contributed by atoms with Crippen molar-refractivity contribution in [1.29, 1.82) is 0 Å². The van der Waals surface area contributed by atoms with E-state index in [9.17, 15) is 4.79 Å². The molecule has 1 aromatic heterocycles. The molecule has 0 bridgehead atoms. The van der Waals surface area contributed by atoms with Crippen molar-refractivity contribution in [2.24, 2.45) is 0 Å². The van der Waals surface area contributed by atoms with Gasteiger partial charge in [-0.15, -0.1) is 0 Å². The Labute approximate surface area is 128 Å². The molecule has 2 heterocycles. The van der Waals surface area contributed by atoms with E-state index < -0.39 is 0 Å². The lowest BCUT2D eigenvalue weighted by Gasteiger charge is -2.52. The number of hydrogen-bond donors (Lipinski definition) is 1. The van der Waals surface area contributed by atoms with E-state index in [0.717, 1.165) is 39.0 Å². The summed E-state index contributed by atoms with van der Waals surface area (Å²) in [6, 6.07) is 5.35. The second-order valence-corrected chi connectivity index (χ2v) is 6.81. The summed E-state index contributed by atoms with van der Waals surface area (Å²) in [7, 11) is 0. The summed E-state index contributed by atoms with van der Waals surface area (Å²) in [5.41, 5.74) is 0.436. The van der Waals surface area contributed by atoms with Crippen molar-refractivity contribution in [1.82, 2.24) is 14.8 Å². The monoisotopic (exact) mass is 291 g/mol. The van der Waals surface area contributed by atoms with E-state index in [1.165, 1.54) is 0 Å². The molecule has 21 heavy (non-hydrogen) atoms. The summed E-state index contributed by atoms with van der Waals surface area (Å²) in [5, 5.41) is 3.75. The zero-order chi connectivity index (χ0) is 15.5. The Morgan fingerprint density at radius 3 is 2.52 bits per heavy atom. The van der Waals surface area contributed by atoms with Gasteiger partial charge in [0.05, 0.1) is 0 Å². The van der Waals surface area contributed by atoms with Crippen molar-refractivity contribution in [3.63, 3.8) is 0 Å². The van der Waals surface area contributed by atoms with E-state index in [-0.39, 0.29) is 16.6 Å². The van der Waals surface area contributed by atoms with Crippen LogP contribution in [0.3, 0.4) is 0 Å². The molecule has 0 aliphatic carbocycles. The second kappa shape index (κ2) is 6.32. The van der Waals surface area contributed by atoms with Crippen molar-refractivity contribution in [2.75, 3.05) is 19.6 Å². The summed E-state index contributed by atoms with van der Waals surface area (Å²) in [6.45, 7) is 12.8. The molecule has 1 N–H and O–H groups in total. The van der Waals surface area contributed by atoms with Gasteiger partial charge in [0.25, 0.3) is 5.56 Å². The SMILES string of the molecule is CCC1(CC)CN(CCn2ccccc2=O)C(C)(C)CN1. The Balaban J connectivity index is 2.09. The van der Waals surface area contributed by atoms with Crippen LogP contribution in [0.15, 0.2) is 29.2 Å². The highest BCUT2D eigenvalue weighted by atomic mass is 16.1. The average Bonchev–Trinajstić information content (AvgIpc) is 2.48. The summed E-state index contributed by atoms with van der Waals surface area (Å²) in [4.78, 5) is 14.4. The first-order valence-corrected chi connectivity index (χ1v) is 8.08. The summed E-state index contributed by atoms with van der Waals surface area (Å²) in [5.74, 6) is 0. The zero-order valence-corrected chi connectivity index (χ0v) is 13.9. The summed E-state index contributed by atoms with van der Waals surface area (Å²) < 4.78 is 1.80. The summed E-state index contributed by atoms with van der Waals surface area (Å²) >= 11 is 0. The number of hydrogen-bond acceptors (Lipinski definition) is 3. The molecule has 1 fully saturated rings. The van der Waals surface area contributed by atoms with Gasteiger partial charge in [-0.3, -0.25) is 9.69 Å². The fourth-order valence-corrected chi connectivity index (χ4v) is 3.13. The maximum atomic E-state index is 11.8. The molecule has 4 heteroatoms. The predicted octanol–water partition coefficient (Wildman–Crippen LogP) is 2.09. The average molecular weight is 291 g/mol. The lowest BCUT2D eigenvalue weighted by molar-refractivity contribution is 0.0200. The molecule has 1 saturated heterocycles. The molecule has 1 aromatic rings. The number of pyridine rings is 1. The fourth-order valence-electron chi connectivity index (χ4n) is 3.13. The Bertz CT molecular complexity index is 517. The van der Waals surface area contributed by atoms with Crippen LogP contribution < -0.4 is 10.9 Å². The van der Waals surface area contributed by atoms with Crippen LogP contribution in [0.2, 0.25) is 0 Å². The lowest BCUT2D eigenvalue weighted by Crippen LogP contribution is -2.68. The van der Waals surface area contributed by atoms with Gasteiger partial charge in [0.2, 0.25) is 0 Å². The number of nitrogens with zero attached hydrogens (tertiary/aromatic N) is 2. The lowest BCUT2D eigenvalue weighted by atomic mass is 9.85. The molecule has 1 aliphatic rings. The Morgan fingerprint density at radius 2 is 1.90 bits per heavy atom. The number of piperazine rings is 1. The van der Waals surface area contributed by atoms with Crippen LogP contribution in [0.4, 0.5) is 0 Å². The van der Waals surface area contributed by atoms with E-state index in [1.54, 1.807) is 16.7 Å². The predicted molar refractivity (Wildman–Crippen MR) is 87.7 cm³/mol. The summed E-state index contributed by atoms with van der Waals surface area (Å²) in [6.07, 6.45) is 4.16. The smallest absolute Gasteiger partial charge is 0.250 e. The van der Waals surface area contributed by atoms with Crippen LogP contribution in [0, 0.1) is 0 Å². The Kier molecular flexibility index (Phi) is 4.89. The third kappa shape index (κ3) is 3.55. The first-order chi connectivity index (χ1) is 9.92. The largest absolute Gasteiger partial charge is 0.314 e. The van der Waals surface area contributed by atoms with Gasteiger partial charge in [-0.05, 0) is 32.8 Å². The van der Waals surface area contributed by atoms with Gasteiger partial charge in [-0.2, -0.15) is 0 Å². The number of aromatic nitrogens is 1. The molecule has 0 unspecified atom stereocenters. The molecule has 0 atom stereocenters. The first-order valence-electron chi connectivity index (χ1n) is 8.08. The molecule has 0 radical (unpaired) electrons. The molecule has 1 aliphatic heterocycles. The van der Waals surface area contributed by atoms with Gasteiger partial charge < -0.3 is 9.88 Å². The third-order valence-corrected chi connectivity index (χ3v) is 5.11. The minimum Gasteiger partial charge on any atom is -0.314 e. The molecule has 4 nitrogen and oxygen atoms in total. The molecule has 0 spiro atoms. The van der Waals surface area contributed by atoms with Gasteiger partial charge in [-0.25, -0.2) is 0 Å². The Hall–Kier alpha value is -1.13. The van der Waals surface area contributed by atoms with Crippen LogP contribution >= 0.6 is 0 Å². The van der Waals surface area contributed by atoms with E-state index in [2.05, 4.69) is 37.9 Å². The molecule has 0 amide bonds. The highest BCUT2D eigenvalue weighted by molar-refractivity contribution is 5.01. The topological polar surface area (TPSA) is 37.3 Å². The Morgan fingerprint density at radius 1 is 1.19 bits per heavy atom. The maximum Gasteiger partial charge on any atom is 0.250 e. The highest BCUT2D eigenvalue weighted by Gasteiger charge is 2.40. The van der Waals surface area contributed by atoms with Gasteiger partial charge in [0.15, 0.2) is 0 Å². The second-order valence-electron chi connectivity index (χ2n) is 6.81. The van der Waals surface area contributed by atoms with Crippen molar-refractivity contribution in [2.45, 2.75) is 58.2 Å². The zero-order valence-electron chi connectivity index (χ0n) is 13.9. The van der Waals surface area contributed by atoms with Crippen LogP contribution in [0.1, 0.15) is 40.5 Å². The van der Waals surface area contributed by atoms with Crippen molar-refractivity contribution >= 4 is 0 Å². The minimum atomic E-state index is 0.0858. The van der Waals surface area contributed by atoms with Gasteiger partial charge in [-0.1, -0.05) is 19.9 Å². The molecular weight excluding hydrogens is 262 g/mol. The normalized spacial score (nSPS) is 21.3. The molecule has 118 valence electrons. The standard InChI is InChI=1S/C17H29N3O/c1-5-17(6-2)14-20(16(3,4)13-18-17)12-11-19-10-8-7-9-15(19)21/h7-10,18H,5-6,11-14H2,1-4H3. The molecular formula is C17H29N3O.